The largest absolute Gasteiger partial charge is 0.497 e. The third-order valence-corrected chi connectivity index (χ3v) is 2.75. The summed E-state index contributed by atoms with van der Waals surface area (Å²) in [6, 6.07) is 10.0. The summed E-state index contributed by atoms with van der Waals surface area (Å²) in [6.45, 7) is 6.49. The molecule has 0 aliphatic rings. The maximum Gasteiger partial charge on any atom is 0.119 e. The first-order chi connectivity index (χ1) is 8.00. The molecule has 1 aromatic carbocycles. The highest BCUT2D eigenvalue weighted by Gasteiger charge is 2.17. The lowest BCUT2D eigenvalue weighted by atomic mass is 9.92. The molecule has 90 valence electrons. The highest BCUT2D eigenvalue weighted by atomic mass is 16.5. The van der Waals surface area contributed by atoms with Gasteiger partial charge in [0, 0.05) is 16.7 Å². The SMILES string of the molecule is COc1cccc(-c2cc(C(C)(C)C)[nH]n2)c1. The molecule has 0 saturated carbocycles. The van der Waals surface area contributed by atoms with Gasteiger partial charge in [-0.15, -0.1) is 0 Å². The summed E-state index contributed by atoms with van der Waals surface area (Å²) >= 11 is 0. The van der Waals surface area contributed by atoms with Crippen LogP contribution in [-0.4, -0.2) is 17.3 Å². The van der Waals surface area contributed by atoms with Crippen molar-refractivity contribution in [2.75, 3.05) is 7.11 Å². The van der Waals surface area contributed by atoms with Gasteiger partial charge in [-0.2, -0.15) is 5.10 Å². The van der Waals surface area contributed by atoms with E-state index in [1.54, 1.807) is 7.11 Å². The maximum absolute atomic E-state index is 5.21. The van der Waals surface area contributed by atoms with Gasteiger partial charge < -0.3 is 4.74 Å². The fourth-order valence-electron chi connectivity index (χ4n) is 1.64. The van der Waals surface area contributed by atoms with E-state index in [4.69, 9.17) is 4.74 Å². The number of nitrogens with one attached hydrogen (secondary N) is 1. The minimum absolute atomic E-state index is 0.0874. The van der Waals surface area contributed by atoms with Crippen molar-refractivity contribution >= 4 is 0 Å². The molecule has 0 fully saturated rings. The molecule has 1 N–H and O–H groups in total. The van der Waals surface area contributed by atoms with E-state index in [0.29, 0.717) is 0 Å². The topological polar surface area (TPSA) is 37.9 Å². The molecule has 0 radical (unpaired) electrons. The van der Waals surface area contributed by atoms with Crippen molar-refractivity contribution in [1.82, 2.24) is 10.2 Å². The Morgan fingerprint density at radius 2 is 1.94 bits per heavy atom. The van der Waals surface area contributed by atoms with Gasteiger partial charge in [-0.05, 0) is 18.2 Å². The van der Waals surface area contributed by atoms with E-state index in [1.165, 1.54) is 0 Å². The van der Waals surface area contributed by atoms with Gasteiger partial charge in [0.1, 0.15) is 5.75 Å². The molecule has 2 aromatic rings. The van der Waals surface area contributed by atoms with Crippen molar-refractivity contribution < 1.29 is 4.74 Å². The van der Waals surface area contributed by atoms with Crippen LogP contribution >= 0.6 is 0 Å². The van der Waals surface area contributed by atoms with Gasteiger partial charge in [0.15, 0.2) is 0 Å². The second kappa shape index (κ2) is 4.24. The van der Waals surface area contributed by atoms with Gasteiger partial charge in [-0.3, -0.25) is 5.10 Å². The molecule has 1 heterocycles. The minimum Gasteiger partial charge on any atom is -0.497 e. The normalized spacial score (nSPS) is 11.5. The second-order valence-electron chi connectivity index (χ2n) is 5.15. The Labute approximate surface area is 102 Å². The van der Waals surface area contributed by atoms with Crippen LogP contribution in [0, 0.1) is 0 Å². The van der Waals surface area contributed by atoms with Crippen LogP contribution in [0.3, 0.4) is 0 Å². The van der Waals surface area contributed by atoms with E-state index in [0.717, 1.165) is 22.7 Å². The fraction of sp³-hybridized carbons (Fsp3) is 0.357. The summed E-state index contributed by atoms with van der Waals surface area (Å²) < 4.78 is 5.21. The average molecular weight is 230 g/mol. The molecule has 0 saturated heterocycles. The summed E-state index contributed by atoms with van der Waals surface area (Å²) in [4.78, 5) is 0. The monoisotopic (exact) mass is 230 g/mol. The Bertz CT molecular complexity index is 509. The van der Waals surface area contributed by atoms with Gasteiger partial charge >= 0.3 is 0 Å². The van der Waals surface area contributed by atoms with Crippen LogP contribution in [0.4, 0.5) is 0 Å². The number of H-pyrrole nitrogens is 1. The summed E-state index contributed by atoms with van der Waals surface area (Å²) in [5.41, 5.74) is 3.24. The van der Waals surface area contributed by atoms with Crippen molar-refractivity contribution in [3.05, 3.63) is 36.0 Å². The van der Waals surface area contributed by atoms with Gasteiger partial charge in [-0.25, -0.2) is 0 Å². The van der Waals surface area contributed by atoms with Crippen LogP contribution in [0.5, 0.6) is 5.75 Å². The molecule has 0 spiro atoms. The number of nitrogens with zero attached hydrogens (tertiary/aromatic N) is 1. The Kier molecular flexibility index (Phi) is 2.92. The molecule has 17 heavy (non-hydrogen) atoms. The standard InChI is InChI=1S/C14H18N2O/c1-14(2,3)13-9-12(15-16-13)10-6-5-7-11(8-10)17-4/h5-9H,1-4H3,(H,15,16). The fourth-order valence-corrected chi connectivity index (χ4v) is 1.64. The summed E-state index contributed by atoms with van der Waals surface area (Å²) in [5.74, 6) is 0.850. The number of aromatic amines is 1. The minimum atomic E-state index is 0.0874. The lowest BCUT2D eigenvalue weighted by molar-refractivity contribution is 0.415. The molecule has 0 aliphatic heterocycles. The number of aromatic nitrogens is 2. The van der Waals surface area contributed by atoms with Crippen LogP contribution in [0.2, 0.25) is 0 Å². The Morgan fingerprint density at radius 3 is 2.53 bits per heavy atom. The molecule has 0 unspecified atom stereocenters. The molecule has 2 rings (SSSR count). The van der Waals surface area contributed by atoms with E-state index in [-0.39, 0.29) is 5.41 Å². The zero-order valence-electron chi connectivity index (χ0n) is 10.7. The zero-order chi connectivity index (χ0) is 12.5. The van der Waals surface area contributed by atoms with Crippen molar-refractivity contribution in [3.8, 4) is 17.0 Å². The van der Waals surface area contributed by atoms with Gasteiger partial charge in [0.25, 0.3) is 0 Å². The van der Waals surface area contributed by atoms with Crippen molar-refractivity contribution in [2.24, 2.45) is 0 Å². The van der Waals surface area contributed by atoms with Crippen LogP contribution in [0.15, 0.2) is 30.3 Å². The van der Waals surface area contributed by atoms with Crippen LogP contribution in [0.1, 0.15) is 26.5 Å². The summed E-state index contributed by atoms with van der Waals surface area (Å²) in [6.07, 6.45) is 0. The first-order valence-corrected chi connectivity index (χ1v) is 5.71. The molecule has 0 amide bonds. The number of rotatable bonds is 2. The van der Waals surface area contributed by atoms with E-state index in [2.05, 4.69) is 37.0 Å². The second-order valence-corrected chi connectivity index (χ2v) is 5.15. The van der Waals surface area contributed by atoms with Crippen LogP contribution in [0.25, 0.3) is 11.3 Å². The summed E-state index contributed by atoms with van der Waals surface area (Å²) in [5, 5.41) is 7.44. The third kappa shape index (κ3) is 2.49. The molecular weight excluding hydrogens is 212 g/mol. The molecule has 3 nitrogen and oxygen atoms in total. The number of benzene rings is 1. The van der Waals surface area contributed by atoms with Gasteiger partial charge in [0.2, 0.25) is 0 Å². The zero-order valence-corrected chi connectivity index (χ0v) is 10.7. The van der Waals surface area contributed by atoms with E-state index < -0.39 is 0 Å². The maximum atomic E-state index is 5.21. The number of ether oxygens (including phenoxy) is 1. The van der Waals surface area contributed by atoms with Gasteiger partial charge in [0.05, 0.1) is 12.8 Å². The van der Waals surface area contributed by atoms with E-state index in [9.17, 15) is 0 Å². The molecule has 1 aromatic heterocycles. The van der Waals surface area contributed by atoms with Crippen molar-refractivity contribution in [2.45, 2.75) is 26.2 Å². The van der Waals surface area contributed by atoms with E-state index in [1.807, 2.05) is 24.3 Å². The predicted octanol–water partition coefficient (Wildman–Crippen LogP) is 3.38. The predicted molar refractivity (Wildman–Crippen MR) is 69.3 cm³/mol. The summed E-state index contributed by atoms with van der Waals surface area (Å²) in [7, 11) is 1.67. The number of hydrogen-bond donors (Lipinski definition) is 1. The Hall–Kier alpha value is -1.77. The molecular formula is C14H18N2O. The smallest absolute Gasteiger partial charge is 0.119 e. The van der Waals surface area contributed by atoms with Crippen molar-refractivity contribution in [1.29, 1.82) is 0 Å². The molecule has 0 bridgehead atoms. The molecule has 0 aliphatic carbocycles. The lowest BCUT2D eigenvalue weighted by Crippen LogP contribution is -2.11. The molecule has 3 heteroatoms. The van der Waals surface area contributed by atoms with Gasteiger partial charge in [-0.1, -0.05) is 32.9 Å². The van der Waals surface area contributed by atoms with E-state index >= 15 is 0 Å². The Morgan fingerprint density at radius 1 is 1.18 bits per heavy atom. The quantitative estimate of drug-likeness (QED) is 0.858. The van der Waals surface area contributed by atoms with Crippen LogP contribution in [-0.2, 0) is 5.41 Å². The third-order valence-electron chi connectivity index (χ3n) is 2.75. The van der Waals surface area contributed by atoms with Crippen LogP contribution < -0.4 is 4.74 Å². The lowest BCUT2D eigenvalue weighted by Gasteiger charge is -2.14. The average Bonchev–Trinajstić information content (AvgIpc) is 2.78. The number of methoxy groups -OCH3 is 1. The first kappa shape index (κ1) is 11.7. The Balaban J connectivity index is 2.37. The molecule has 0 atom stereocenters. The highest BCUT2D eigenvalue weighted by Crippen LogP contribution is 2.26. The van der Waals surface area contributed by atoms with Crippen molar-refractivity contribution in [3.63, 3.8) is 0 Å². The highest BCUT2D eigenvalue weighted by molar-refractivity contribution is 5.61. The first-order valence-electron chi connectivity index (χ1n) is 5.71. The number of hydrogen-bond acceptors (Lipinski definition) is 2.